The highest BCUT2D eigenvalue weighted by atomic mass is 35.5. The van der Waals surface area contributed by atoms with Crippen molar-refractivity contribution in [2.24, 2.45) is 0 Å². The van der Waals surface area contributed by atoms with E-state index in [1.54, 1.807) is 12.1 Å². The van der Waals surface area contributed by atoms with Gasteiger partial charge in [-0.05, 0) is 61.4 Å². The summed E-state index contributed by atoms with van der Waals surface area (Å²) in [7, 11) is 0. The van der Waals surface area contributed by atoms with Crippen molar-refractivity contribution in [1.29, 1.82) is 0 Å². The first-order chi connectivity index (χ1) is 11.6. The van der Waals surface area contributed by atoms with Crippen LogP contribution in [-0.2, 0) is 5.72 Å². The second kappa shape index (κ2) is 5.87. The maximum atomic E-state index is 13.3. The molecule has 24 heavy (non-hydrogen) atoms. The number of anilines is 1. The van der Waals surface area contributed by atoms with E-state index in [9.17, 15) is 9.50 Å². The molecule has 0 saturated carbocycles. The molecule has 0 saturated heterocycles. The van der Waals surface area contributed by atoms with Crippen LogP contribution in [0.25, 0.3) is 0 Å². The maximum Gasteiger partial charge on any atom is 0.271 e. The van der Waals surface area contributed by atoms with Crippen LogP contribution in [0, 0.1) is 5.82 Å². The molecule has 0 amide bonds. The van der Waals surface area contributed by atoms with Crippen LogP contribution in [0.2, 0.25) is 5.02 Å². The van der Waals surface area contributed by atoms with Crippen LogP contribution in [0.15, 0.2) is 48.5 Å². The summed E-state index contributed by atoms with van der Waals surface area (Å²) in [4.78, 5) is 2.15. The lowest BCUT2D eigenvalue weighted by Gasteiger charge is -2.24. The Kier molecular flexibility index (Phi) is 3.82. The summed E-state index contributed by atoms with van der Waals surface area (Å²) >= 11 is 6.00. The minimum absolute atomic E-state index is 0.294. The topological polar surface area (TPSA) is 26.5 Å². The number of hydrogen-bond acceptors (Lipinski definition) is 2. The minimum atomic E-state index is -1.14. The number of halogens is 2. The van der Waals surface area contributed by atoms with Crippen LogP contribution in [0.4, 0.5) is 10.1 Å². The quantitative estimate of drug-likeness (QED) is 0.839. The first-order valence-electron chi connectivity index (χ1n) is 8.23. The van der Waals surface area contributed by atoms with Gasteiger partial charge in [-0.1, -0.05) is 11.6 Å². The number of rotatable bonds is 2. The van der Waals surface area contributed by atoms with E-state index >= 15 is 0 Å². The highest BCUT2D eigenvalue weighted by Gasteiger charge is 2.52. The van der Waals surface area contributed by atoms with Gasteiger partial charge in [0.1, 0.15) is 11.5 Å². The molecule has 0 fully saturated rings. The van der Waals surface area contributed by atoms with Gasteiger partial charge in [0.25, 0.3) is 11.6 Å². The fourth-order valence-electron chi connectivity index (χ4n) is 3.72. The Balaban J connectivity index is 1.78. The minimum Gasteiger partial charge on any atom is -0.346 e. The molecule has 2 aromatic rings. The normalized spacial score (nSPS) is 23.5. The fourth-order valence-corrected chi connectivity index (χ4v) is 3.84. The number of β-amino-alcohol motifs (C(OH)–C–C–N with tert-alkyl or cyclic N) is 1. The Bertz CT molecular complexity index is 788. The highest BCUT2D eigenvalue weighted by Crippen LogP contribution is 2.36. The van der Waals surface area contributed by atoms with Gasteiger partial charge in [0.2, 0.25) is 0 Å². The Hall–Kier alpha value is -1.91. The van der Waals surface area contributed by atoms with Gasteiger partial charge in [0.15, 0.2) is 6.54 Å². The lowest BCUT2D eigenvalue weighted by molar-refractivity contribution is -0.661. The van der Waals surface area contributed by atoms with E-state index < -0.39 is 5.72 Å². The third kappa shape index (κ3) is 2.50. The standard InChI is InChI=1S/C19H19ClFN2O/c20-15-6-10-17(11-7-15)22-13-19(24,14-4-8-16(21)9-5-14)23-12-2-1-3-18(22)23/h4-11,24H,1-3,12-13H2/q+1/t19-/m0/s1. The molecule has 1 N–H and O–H groups in total. The first kappa shape index (κ1) is 15.6. The molecule has 0 aromatic heterocycles. The van der Waals surface area contributed by atoms with Crippen molar-refractivity contribution in [2.75, 3.05) is 18.0 Å². The average Bonchev–Trinajstić information content (AvgIpc) is 2.91. The molecule has 124 valence electrons. The Labute approximate surface area is 145 Å². The molecular formula is C19H19ClFN2O+. The third-order valence-electron chi connectivity index (χ3n) is 4.93. The monoisotopic (exact) mass is 345 g/mol. The van der Waals surface area contributed by atoms with E-state index in [0.717, 1.165) is 42.9 Å². The van der Waals surface area contributed by atoms with Gasteiger partial charge in [0.05, 0.1) is 6.54 Å². The molecule has 0 radical (unpaired) electrons. The summed E-state index contributed by atoms with van der Waals surface area (Å²) < 4.78 is 15.4. The van der Waals surface area contributed by atoms with Crippen molar-refractivity contribution < 1.29 is 14.1 Å². The zero-order chi connectivity index (χ0) is 16.7. The molecule has 5 heteroatoms. The lowest BCUT2D eigenvalue weighted by Crippen LogP contribution is -2.41. The number of hydrogen-bond donors (Lipinski definition) is 1. The maximum absolute atomic E-state index is 13.3. The predicted molar refractivity (Wildman–Crippen MR) is 93.1 cm³/mol. The van der Waals surface area contributed by atoms with Gasteiger partial charge in [0, 0.05) is 17.0 Å². The summed E-state index contributed by atoms with van der Waals surface area (Å²) in [5.74, 6) is 0.827. The summed E-state index contributed by atoms with van der Waals surface area (Å²) in [6.45, 7) is 1.23. The summed E-state index contributed by atoms with van der Waals surface area (Å²) in [5.41, 5.74) is 0.599. The molecule has 2 aliphatic rings. The smallest absolute Gasteiger partial charge is 0.271 e. The Morgan fingerprint density at radius 2 is 1.75 bits per heavy atom. The molecule has 3 nitrogen and oxygen atoms in total. The zero-order valence-electron chi connectivity index (χ0n) is 13.3. The van der Waals surface area contributed by atoms with E-state index in [-0.39, 0.29) is 5.82 Å². The molecule has 0 bridgehead atoms. The summed E-state index contributed by atoms with van der Waals surface area (Å²) in [5, 5.41) is 12.1. The number of aliphatic hydroxyl groups is 1. The van der Waals surface area contributed by atoms with E-state index in [1.807, 2.05) is 24.3 Å². The van der Waals surface area contributed by atoms with Crippen molar-refractivity contribution in [3.05, 3.63) is 64.9 Å². The fraction of sp³-hybridized carbons (Fsp3) is 0.316. The van der Waals surface area contributed by atoms with E-state index in [2.05, 4.69) is 9.48 Å². The van der Waals surface area contributed by atoms with Gasteiger partial charge in [-0.3, -0.25) is 0 Å². The van der Waals surface area contributed by atoms with Crippen molar-refractivity contribution in [1.82, 2.24) is 0 Å². The highest BCUT2D eigenvalue weighted by molar-refractivity contribution is 6.30. The molecule has 2 heterocycles. The molecule has 0 unspecified atom stereocenters. The number of amidine groups is 1. The molecule has 1 atom stereocenters. The van der Waals surface area contributed by atoms with Crippen LogP contribution >= 0.6 is 11.6 Å². The second-order valence-electron chi connectivity index (χ2n) is 6.41. The average molecular weight is 346 g/mol. The van der Waals surface area contributed by atoms with Crippen LogP contribution < -0.4 is 4.90 Å². The Morgan fingerprint density at radius 3 is 2.46 bits per heavy atom. The van der Waals surface area contributed by atoms with Crippen LogP contribution in [0.1, 0.15) is 24.8 Å². The van der Waals surface area contributed by atoms with Crippen LogP contribution in [0.3, 0.4) is 0 Å². The molecule has 2 aromatic carbocycles. The molecular weight excluding hydrogens is 327 g/mol. The van der Waals surface area contributed by atoms with E-state index in [0.29, 0.717) is 11.6 Å². The van der Waals surface area contributed by atoms with Crippen molar-refractivity contribution in [3.63, 3.8) is 0 Å². The van der Waals surface area contributed by atoms with E-state index in [1.165, 1.54) is 12.1 Å². The van der Waals surface area contributed by atoms with Crippen LogP contribution in [-0.4, -0.2) is 28.6 Å². The lowest BCUT2D eigenvalue weighted by atomic mass is 10.0. The van der Waals surface area contributed by atoms with Crippen molar-refractivity contribution in [2.45, 2.75) is 25.0 Å². The number of nitrogens with zero attached hydrogens (tertiary/aromatic N) is 2. The second-order valence-corrected chi connectivity index (χ2v) is 6.85. The summed E-state index contributed by atoms with van der Waals surface area (Å²) in [6.07, 6.45) is 3.07. The molecule has 4 rings (SSSR count). The van der Waals surface area contributed by atoms with E-state index in [4.69, 9.17) is 11.6 Å². The molecule has 0 spiro atoms. The first-order valence-corrected chi connectivity index (χ1v) is 8.61. The molecule has 2 aliphatic heterocycles. The third-order valence-corrected chi connectivity index (χ3v) is 5.18. The Morgan fingerprint density at radius 1 is 1.04 bits per heavy atom. The van der Waals surface area contributed by atoms with Gasteiger partial charge in [-0.15, -0.1) is 0 Å². The predicted octanol–water partition coefficient (Wildman–Crippen LogP) is 3.74. The molecule has 0 aliphatic carbocycles. The van der Waals surface area contributed by atoms with Gasteiger partial charge in [-0.25, -0.2) is 13.9 Å². The van der Waals surface area contributed by atoms with Gasteiger partial charge >= 0.3 is 0 Å². The van der Waals surface area contributed by atoms with Gasteiger partial charge < -0.3 is 5.11 Å². The van der Waals surface area contributed by atoms with Crippen molar-refractivity contribution >= 4 is 23.1 Å². The largest absolute Gasteiger partial charge is 0.346 e. The zero-order valence-corrected chi connectivity index (χ0v) is 14.0. The van der Waals surface area contributed by atoms with Gasteiger partial charge in [-0.2, -0.15) is 0 Å². The van der Waals surface area contributed by atoms with Crippen molar-refractivity contribution in [3.8, 4) is 0 Å². The SMILES string of the molecule is O[C@]1(c2ccc(F)cc2)CN(c2ccc(Cl)cc2)C2=[N+]1CCCC2. The summed E-state index contributed by atoms with van der Waals surface area (Å²) in [6, 6.07) is 13.8. The number of benzene rings is 2. The van der Waals surface area contributed by atoms with Crippen LogP contribution in [0.5, 0.6) is 0 Å².